The van der Waals surface area contributed by atoms with Crippen molar-refractivity contribution in [3.63, 3.8) is 0 Å². The summed E-state index contributed by atoms with van der Waals surface area (Å²) < 4.78 is 2.59. The SMILES string of the molecule is CC(C)(c1cc(Br)c(N2C(=O)C=CC2=O)cc1Br)c1cc(Br)c(N2C(=O)C=CC2=O)cc1Br. The van der Waals surface area contributed by atoms with Crippen LogP contribution in [0.3, 0.4) is 0 Å². The fraction of sp³-hybridized carbons (Fsp3) is 0.130. The monoisotopic (exact) mass is 698 g/mol. The van der Waals surface area contributed by atoms with Gasteiger partial charge in [-0.15, -0.1) is 0 Å². The Balaban J connectivity index is 1.77. The van der Waals surface area contributed by atoms with Crippen LogP contribution in [0, 0.1) is 0 Å². The first-order chi connectivity index (χ1) is 15.4. The lowest BCUT2D eigenvalue weighted by Gasteiger charge is -2.31. The van der Waals surface area contributed by atoms with Crippen LogP contribution >= 0.6 is 63.7 Å². The standard InChI is InChI=1S/C23H14Br4N2O4/c1-23(2,11-7-15(26)17(9-13(11)24)28-19(30)3-4-20(28)31)12-8-16(27)18(10-14(12)25)29-21(32)5-6-22(29)33/h3-10H,1-2H3. The Bertz CT molecular complexity index is 1190. The third-order valence-corrected chi connectivity index (χ3v) is 8.10. The normalized spacial score (nSPS) is 16.1. The molecule has 2 aliphatic rings. The molecule has 0 spiro atoms. The summed E-state index contributed by atoms with van der Waals surface area (Å²) in [5.41, 5.74) is 2.10. The van der Waals surface area contributed by atoms with Crippen LogP contribution in [0.15, 0.2) is 66.5 Å². The molecule has 0 fully saturated rings. The van der Waals surface area contributed by atoms with Crippen LogP contribution in [0.2, 0.25) is 0 Å². The molecule has 2 aromatic rings. The molecule has 2 aliphatic heterocycles. The van der Waals surface area contributed by atoms with Crippen molar-refractivity contribution in [3.8, 4) is 0 Å². The number of benzene rings is 2. The second kappa shape index (κ2) is 8.72. The van der Waals surface area contributed by atoms with Crippen molar-refractivity contribution in [2.75, 3.05) is 9.80 Å². The highest BCUT2D eigenvalue weighted by atomic mass is 79.9. The second-order valence-electron chi connectivity index (χ2n) is 7.88. The van der Waals surface area contributed by atoms with Crippen molar-refractivity contribution < 1.29 is 19.2 Å². The summed E-state index contributed by atoms with van der Waals surface area (Å²) in [6.07, 6.45) is 4.95. The van der Waals surface area contributed by atoms with Gasteiger partial charge in [0.25, 0.3) is 23.6 Å². The average Bonchev–Trinajstić information content (AvgIpc) is 3.25. The van der Waals surface area contributed by atoms with Gasteiger partial charge in [-0.05, 0) is 67.3 Å². The highest BCUT2D eigenvalue weighted by Crippen LogP contribution is 2.46. The molecule has 168 valence electrons. The Hall–Kier alpha value is -1.88. The van der Waals surface area contributed by atoms with Crippen molar-refractivity contribution in [3.05, 3.63) is 77.6 Å². The topological polar surface area (TPSA) is 74.8 Å². The molecule has 10 heteroatoms. The van der Waals surface area contributed by atoms with Crippen LogP contribution in [-0.2, 0) is 24.6 Å². The maximum absolute atomic E-state index is 12.1. The van der Waals surface area contributed by atoms with Crippen LogP contribution in [0.25, 0.3) is 0 Å². The fourth-order valence-electron chi connectivity index (χ4n) is 3.79. The third-order valence-electron chi connectivity index (χ3n) is 5.52. The molecule has 2 aromatic carbocycles. The molecule has 0 aromatic heterocycles. The van der Waals surface area contributed by atoms with E-state index in [0.29, 0.717) is 29.3 Å². The minimum Gasteiger partial charge on any atom is -0.269 e. The molecule has 4 rings (SSSR count). The number of halogens is 4. The van der Waals surface area contributed by atoms with Crippen LogP contribution in [0.4, 0.5) is 11.4 Å². The Morgan fingerprint density at radius 3 is 1.15 bits per heavy atom. The maximum atomic E-state index is 12.1. The first-order valence-electron chi connectivity index (χ1n) is 9.54. The molecule has 6 nitrogen and oxygen atoms in total. The predicted octanol–water partition coefficient (Wildman–Crippen LogP) is 5.92. The van der Waals surface area contributed by atoms with Crippen molar-refractivity contribution in [2.45, 2.75) is 19.3 Å². The molecular weight excluding hydrogens is 688 g/mol. The Morgan fingerprint density at radius 1 is 0.545 bits per heavy atom. The highest BCUT2D eigenvalue weighted by Gasteiger charge is 2.34. The van der Waals surface area contributed by atoms with Gasteiger partial charge in [-0.2, -0.15) is 0 Å². The summed E-state index contributed by atoms with van der Waals surface area (Å²) >= 11 is 14.2. The molecule has 0 saturated carbocycles. The molecule has 0 radical (unpaired) electrons. The van der Waals surface area contributed by atoms with E-state index in [2.05, 4.69) is 63.7 Å². The zero-order valence-electron chi connectivity index (χ0n) is 17.2. The minimum absolute atomic E-state index is 0.401. The summed E-state index contributed by atoms with van der Waals surface area (Å²) in [5.74, 6) is -1.60. The van der Waals surface area contributed by atoms with E-state index in [1.165, 1.54) is 24.3 Å². The van der Waals surface area contributed by atoms with Crippen LogP contribution in [0.1, 0.15) is 25.0 Å². The first-order valence-corrected chi connectivity index (χ1v) is 12.7. The van der Waals surface area contributed by atoms with Gasteiger partial charge >= 0.3 is 0 Å². The molecule has 0 saturated heterocycles. The number of carbonyl (C=O) groups is 4. The van der Waals surface area contributed by atoms with Gasteiger partial charge in [0.05, 0.1) is 11.4 Å². The number of nitrogens with zero attached hydrogens (tertiary/aromatic N) is 2. The Kier molecular flexibility index (Phi) is 6.41. The number of carbonyl (C=O) groups excluding carboxylic acids is 4. The molecule has 0 N–H and O–H groups in total. The molecule has 0 unspecified atom stereocenters. The van der Waals surface area contributed by atoms with Gasteiger partial charge in [0.1, 0.15) is 0 Å². The van der Waals surface area contributed by atoms with Gasteiger partial charge in [-0.3, -0.25) is 19.2 Å². The van der Waals surface area contributed by atoms with Gasteiger partial charge in [-0.25, -0.2) is 9.80 Å². The number of hydrogen-bond donors (Lipinski definition) is 0. The number of rotatable bonds is 4. The minimum atomic E-state index is -0.561. The first kappa shape index (κ1) is 24.3. The summed E-state index contributed by atoms with van der Waals surface area (Å²) in [5, 5.41) is 0. The largest absolute Gasteiger partial charge is 0.269 e. The Labute approximate surface area is 223 Å². The summed E-state index contributed by atoms with van der Waals surface area (Å²) in [7, 11) is 0. The number of amides is 4. The van der Waals surface area contributed by atoms with E-state index in [0.717, 1.165) is 20.9 Å². The van der Waals surface area contributed by atoms with Gasteiger partial charge in [0.15, 0.2) is 0 Å². The summed E-state index contributed by atoms with van der Waals surface area (Å²) in [6, 6.07) is 7.19. The summed E-state index contributed by atoms with van der Waals surface area (Å²) in [4.78, 5) is 50.7. The lowest BCUT2D eigenvalue weighted by Crippen LogP contribution is -2.31. The molecule has 33 heavy (non-hydrogen) atoms. The fourth-order valence-corrected chi connectivity index (χ4v) is 6.49. The lowest BCUT2D eigenvalue weighted by molar-refractivity contribution is -0.121. The van der Waals surface area contributed by atoms with Crippen LogP contribution in [-0.4, -0.2) is 23.6 Å². The van der Waals surface area contributed by atoms with Gasteiger partial charge in [0, 0.05) is 47.6 Å². The van der Waals surface area contributed by atoms with E-state index < -0.39 is 29.0 Å². The zero-order valence-corrected chi connectivity index (χ0v) is 23.5. The molecular formula is C23H14Br4N2O4. The van der Waals surface area contributed by atoms with E-state index >= 15 is 0 Å². The predicted molar refractivity (Wildman–Crippen MR) is 139 cm³/mol. The van der Waals surface area contributed by atoms with E-state index in [1.807, 2.05) is 26.0 Å². The van der Waals surface area contributed by atoms with E-state index in [-0.39, 0.29) is 0 Å². The third kappa shape index (κ3) is 4.11. The average molecular weight is 702 g/mol. The number of imide groups is 2. The number of hydrogen-bond acceptors (Lipinski definition) is 4. The smallest absolute Gasteiger partial charge is 0.258 e. The molecule has 4 amide bonds. The van der Waals surface area contributed by atoms with Crippen molar-refractivity contribution in [2.24, 2.45) is 0 Å². The lowest BCUT2D eigenvalue weighted by atomic mass is 9.78. The van der Waals surface area contributed by atoms with Gasteiger partial charge < -0.3 is 0 Å². The van der Waals surface area contributed by atoms with Gasteiger partial charge in [-0.1, -0.05) is 45.7 Å². The quantitative estimate of drug-likeness (QED) is 0.371. The van der Waals surface area contributed by atoms with Crippen molar-refractivity contribution in [1.29, 1.82) is 0 Å². The molecule has 2 heterocycles. The maximum Gasteiger partial charge on any atom is 0.258 e. The van der Waals surface area contributed by atoms with Crippen molar-refractivity contribution >= 4 is 98.7 Å². The molecule has 0 bridgehead atoms. The summed E-state index contributed by atoms with van der Waals surface area (Å²) in [6.45, 7) is 4.04. The highest BCUT2D eigenvalue weighted by molar-refractivity contribution is 9.11. The van der Waals surface area contributed by atoms with E-state index in [4.69, 9.17) is 0 Å². The van der Waals surface area contributed by atoms with Gasteiger partial charge in [0.2, 0.25) is 0 Å². The number of anilines is 2. The van der Waals surface area contributed by atoms with Crippen LogP contribution in [0.5, 0.6) is 0 Å². The van der Waals surface area contributed by atoms with E-state index in [9.17, 15) is 19.2 Å². The molecule has 0 aliphatic carbocycles. The van der Waals surface area contributed by atoms with E-state index in [1.54, 1.807) is 12.1 Å². The zero-order chi connectivity index (χ0) is 24.2. The second-order valence-corrected chi connectivity index (χ2v) is 11.3. The van der Waals surface area contributed by atoms with Crippen LogP contribution < -0.4 is 9.80 Å². The molecule has 0 atom stereocenters. The van der Waals surface area contributed by atoms with Crippen molar-refractivity contribution in [1.82, 2.24) is 0 Å². The Morgan fingerprint density at radius 2 is 0.848 bits per heavy atom.